The van der Waals surface area contributed by atoms with Crippen LogP contribution in [0.3, 0.4) is 0 Å². The average Bonchev–Trinajstić information content (AvgIpc) is 2.80. The predicted octanol–water partition coefficient (Wildman–Crippen LogP) is 1.16. The standard InChI is InChI=1S/C9H14O3/c1-2-3-9(11)12-6-8-4-7(8)5-10/h5,7-8H,2-4,6H2,1H3. The molecule has 0 bridgehead atoms. The average molecular weight is 170 g/mol. The first-order valence-electron chi connectivity index (χ1n) is 4.38. The van der Waals surface area contributed by atoms with Crippen LogP contribution in [0.5, 0.6) is 0 Å². The largest absolute Gasteiger partial charge is 0.465 e. The summed E-state index contributed by atoms with van der Waals surface area (Å²) in [4.78, 5) is 21.1. The van der Waals surface area contributed by atoms with Gasteiger partial charge in [-0.3, -0.25) is 4.79 Å². The maximum Gasteiger partial charge on any atom is 0.305 e. The quantitative estimate of drug-likeness (QED) is 0.459. The molecule has 2 atom stereocenters. The van der Waals surface area contributed by atoms with Crippen molar-refractivity contribution in [1.82, 2.24) is 0 Å². The van der Waals surface area contributed by atoms with Crippen LogP contribution in [-0.4, -0.2) is 18.9 Å². The first kappa shape index (κ1) is 9.23. The molecule has 0 aromatic carbocycles. The molecule has 0 amide bonds. The summed E-state index contributed by atoms with van der Waals surface area (Å²) in [5.41, 5.74) is 0. The number of aldehydes is 1. The Morgan fingerprint density at radius 3 is 2.92 bits per heavy atom. The van der Waals surface area contributed by atoms with E-state index in [9.17, 15) is 9.59 Å². The van der Waals surface area contributed by atoms with E-state index in [-0.39, 0.29) is 11.9 Å². The third-order valence-electron chi connectivity index (χ3n) is 2.06. The highest BCUT2D eigenvalue weighted by molar-refractivity contribution is 5.69. The molecule has 0 N–H and O–H groups in total. The van der Waals surface area contributed by atoms with Gasteiger partial charge >= 0.3 is 5.97 Å². The summed E-state index contributed by atoms with van der Waals surface area (Å²) in [6, 6.07) is 0. The lowest BCUT2D eigenvalue weighted by molar-refractivity contribution is -0.144. The van der Waals surface area contributed by atoms with Gasteiger partial charge in [0.2, 0.25) is 0 Å². The van der Waals surface area contributed by atoms with Gasteiger partial charge in [0.15, 0.2) is 0 Å². The van der Waals surface area contributed by atoms with Crippen molar-refractivity contribution in [1.29, 1.82) is 0 Å². The smallest absolute Gasteiger partial charge is 0.305 e. The summed E-state index contributed by atoms with van der Waals surface area (Å²) < 4.78 is 4.94. The van der Waals surface area contributed by atoms with E-state index >= 15 is 0 Å². The topological polar surface area (TPSA) is 43.4 Å². The van der Waals surface area contributed by atoms with Crippen LogP contribution in [0.15, 0.2) is 0 Å². The van der Waals surface area contributed by atoms with Crippen LogP contribution in [0.2, 0.25) is 0 Å². The van der Waals surface area contributed by atoms with Crippen molar-refractivity contribution in [2.45, 2.75) is 26.2 Å². The molecule has 1 fully saturated rings. The van der Waals surface area contributed by atoms with Crippen molar-refractivity contribution in [3.05, 3.63) is 0 Å². The lowest BCUT2D eigenvalue weighted by Gasteiger charge is -2.01. The van der Waals surface area contributed by atoms with Crippen molar-refractivity contribution in [3.8, 4) is 0 Å². The van der Waals surface area contributed by atoms with Crippen molar-refractivity contribution < 1.29 is 14.3 Å². The molecule has 0 aliphatic heterocycles. The second-order valence-corrected chi connectivity index (χ2v) is 3.23. The number of rotatable bonds is 5. The maximum atomic E-state index is 10.9. The van der Waals surface area contributed by atoms with Gasteiger partial charge in [-0.05, 0) is 12.8 Å². The van der Waals surface area contributed by atoms with E-state index in [1.165, 1.54) is 0 Å². The second kappa shape index (κ2) is 4.24. The maximum absolute atomic E-state index is 10.9. The molecule has 1 aliphatic carbocycles. The molecular weight excluding hydrogens is 156 g/mol. The molecule has 0 radical (unpaired) electrons. The zero-order valence-electron chi connectivity index (χ0n) is 7.29. The van der Waals surface area contributed by atoms with Crippen molar-refractivity contribution in [2.75, 3.05) is 6.61 Å². The van der Waals surface area contributed by atoms with Crippen LogP contribution in [0.25, 0.3) is 0 Å². The first-order chi connectivity index (χ1) is 5.77. The summed E-state index contributed by atoms with van der Waals surface area (Å²) in [6.45, 7) is 2.37. The Morgan fingerprint density at radius 1 is 1.67 bits per heavy atom. The number of hydrogen-bond donors (Lipinski definition) is 0. The molecule has 1 saturated carbocycles. The van der Waals surface area contributed by atoms with Crippen LogP contribution in [0.1, 0.15) is 26.2 Å². The number of esters is 1. The molecule has 0 aromatic heterocycles. The van der Waals surface area contributed by atoms with Gasteiger partial charge in [0.05, 0.1) is 6.61 Å². The molecule has 68 valence electrons. The van der Waals surface area contributed by atoms with E-state index < -0.39 is 0 Å². The minimum absolute atomic E-state index is 0.144. The summed E-state index contributed by atoms with van der Waals surface area (Å²) in [5.74, 6) is 0.316. The van der Waals surface area contributed by atoms with E-state index in [2.05, 4.69) is 0 Å². The number of carbonyl (C=O) groups is 2. The number of ether oxygens (including phenoxy) is 1. The van der Waals surface area contributed by atoms with Gasteiger partial charge in [0, 0.05) is 18.3 Å². The van der Waals surface area contributed by atoms with Gasteiger partial charge in [0.25, 0.3) is 0 Å². The van der Waals surface area contributed by atoms with E-state index in [1.807, 2.05) is 6.92 Å². The van der Waals surface area contributed by atoms with Crippen LogP contribution in [0, 0.1) is 11.8 Å². The summed E-state index contributed by atoms with van der Waals surface area (Å²) in [6.07, 6.45) is 3.14. The van der Waals surface area contributed by atoms with Crippen LogP contribution in [-0.2, 0) is 14.3 Å². The number of carbonyl (C=O) groups excluding carboxylic acids is 2. The molecule has 1 aliphatic rings. The molecule has 0 heterocycles. The van der Waals surface area contributed by atoms with Gasteiger partial charge < -0.3 is 9.53 Å². The van der Waals surface area contributed by atoms with Gasteiger partial charge in [-0.1, -0.05) is 6.92 Å². The zero-order valence-corrected chi connectivity index (χ0v) is 7.29. The van der Waals surface area contributed by atoms with Crippen molar-refractivity contribution >= 4 is 12.3 Å². The summed E-state index contributed by atoms with van der Waals surface area (Å²) in [7, 11) is 0. The Hall–Kier alpha value is -0.860. The first-order valence-corrected chi connectivity index (χ1v) is 4.38. The number of hydrogen-bond acceptors (Lipinski definition) is 3. The monoisotopic (exact) mass is 170 g/mol. The zero-order chi connectivity index (χ0) is 8.97. The SMILES string of the molecule is CCCC(=O)OCC1CC1C=O. The van der Waals surface area contributed by atoms with E-state index in [0.29, 0.717) is 18.9 Å². The fraction of sp³-hybridized carbons (Fsp3) is 0.778. The third-order valence-corrected chi connectivity index (χ3v) is 2.06. The molecule has 2 unspecified atom stereocenters. The third kappa shape index (κ3) is 2.64. The molecule has 3 heteroatoms. The van der Waals surface area contributed by atoms with E-state index in [1.54, 1.807) is 0 Å². The molecule has 0 saturated heterocycles. The van der Waals surface area contributed by atoms with Crippen molar-refractivity contribution in [3.63, 3.8) is 0 Å². The molecule has 12 heavy (non-hydrogen) atoms. The minimum Gasteiger partial charge on any atom is -0.465 e. The molecule has 3 nitrogen and oxygen atoms in total. The molecule has 0 aromatic rings. The summed E-state index contributed by atoms with van der Waals surface area (Å²) in [5, 5.41) is 0. The normalized spacial score (nSPS) is 26.4. The fourth-order valence-electron chi connectivity index (χ4n) is 1.11. The van der Waals surface area contributed by atoms with Crippen molar-refractivity contribution in [2.24, 2.45) is 11.8 Å². The van der Waals surface area contributed by atoms with Gasteiger partial charge in [-0.15, -0.1) is 0 Å². The van der Waals surface area contributed by atoms with Gasteiger partial charge in [-0.25, -0.2) is 0 Å². The predicted molar refractivity (Wildman–Crippen MR) is 43.5 cm³/mol. The van der Waals surface area contributed by atoms with Gasteiger partial charge in [-0.2, -0.15) is 0 Å². The highest BCUT2D eigenvalue weighted by Crippen LogP contribution is 2.36. The Balaban J connectivity index is 2.03. The lowest BCUT2D eigenvalue weighted by atomic mass is 10.3. The minimum atomic E-state index is -0.144. The highest BCUT2D eigenvalue weighted by Gasteiger charge is 2.37. The van der Waals surface area contributed by atoms with Crippen LogP contribution < -0.4 is 0 Å². The molecule has 1 rings (SSSR count). The molecule has 0 spiro atoms. The van der Waals surface area contributed by atoms with E-state index in [0.717, 1.165) is 19.1 Å². The Bertz CT molecular complexity index is 177. The molecular formula is C9H14O3. The summed E-state index contributed by atoms with van der Waals surface area (Å²) >= 11 is 0. The van der Waals surface area contributed by atoms with Gasteiger partial charge in [0.1, 0.15) is 6.29 Å². The fourth-order valence-corrected chi connectivity index (χ4v) is 1.11. The van der Waals surface area contributed by atoms with Crippen LogP contribution in [0.4, 0.5) is 0 Å². The van der Waals surface area contributed by atoms with Crippen LogP contribution >= 0.6 is 0 Å². The van der Waals surface area contributed by atoms with E-state index in [4.69, 9.17) is 4.74 Å². The second-order valence-electron chi connectivity index (χ2n) is 3.23. The Labute approximate surface area is 72.1 Å². The lowest BCUT2D eigenvalue weighted by Crippen LogP contribution is -2.07. The Kier molecular flexibility index (Phi) is 3.26. The Morgan fingerprint density at radius 2 is 2.42 bits per heavy atom. The highest BCUT2D eigenvalue weighted by atomic mass is 16.5.